The van der Waals surface area contributed by atoms with Crippen LogP contribution in [0.4, 0.5) is 0 Å². The van der Waals surface area contributed by atoms with Crippen molar-refractivity contribution in [3.63, 3.8) is 0 Å². The highest BCUT2D eigenvalue weighted by Gasteiger charge is 2.03. The molecule has 0 aliphatic rings. The Labute approximate surface area is 172 Å². The highest BCUT2D eigenvalue weighted by atomic mass is 79.9. The molecule has 152 valence electrons. The summed E-state index contributed by atoms with van der Waals surface area (Å²) in [5, 5.41) is 1.12. The Kier molecular flexibility index (Phi) is 13.6. The third-order valence-corrected chi connectivity index (χ3v) is 4.92. The van der Waals surface area contributed by atoms with Gasteiger partial charge in [-0.05, 0) is 31.1 Å². The molecule has 0 saturated carbocycles. The zero-order chi connectivity index (χ0) is 19.7. The molecule has 0 atom stereocenters. The summed E-state index contributed by atoms with van der Waals surface area (Å²) < 4.78 is 15.7. The van der Waals surface area contributed by atoms with Crippen LogP contribution in [0.2, 0.25) is 0 Å². The van der Waals surface area contributed by atoms with E-state index in [9.17, 15) is 4.79 Å². The number of halogens is 1. The molecule has 27 heavy (non-hydrogen) atoms. The molecule has 1 aromatic rings. The van der Waals surface area contributed by atoms with Gasteiger partial charge >= 0.3 is 5.97 Å². The normalized spacial score (nSPS) is 10.9. The van der Waals surface area contributed by atoms with Crippen LogP contribution in [0.3, 0.4) is 0 Å². The lowest BCUT2D eigenvalue weighted by atomic mass is 10.1. The number of hydrogen-bond donors (Lipinski definition) is 0. The van der Waals surface area contributed by atoms with Crippen LogP contribution in [0.15, 0.2) is 24.3 Å². The van der Waals surface area contributed by atoms with Crippen LogP contribution in [0, 0.1) is 0 Å². The van der Waals surface area contributed by atoms with E-state index in [1.54, 1.807) is 26.4 Å². The number of carbonyl (C=O) groups is 1. The molecular weight excluding hydrogens is 408 g/mol. The third kappa shape index (κ3) is 11.1. The molecule has 5 heteroatoms. The predicted octanol–water partition coefficient (Wildman–Crippen LogP) is 6.17. The molecule has 0 unspecified atom stereocenters. The van der Waals surface area contributed by atoms with E-state index in [1.165, 1.54) is 51.0 Å². The van der Waals surface area contributed by atoms with E-state index in [0.717, 1.165) is 23.7 Å². The molecule has 0 fully saturated rings. The zero-order valence-corrected chi connectivity index (χ0v) is 18.3. The maximum absolute atomic E-state index is 11.8. The van der Waals surface area contributed by atoms with Gasteiger partial charge in [-0.3, -0.25) is 0 Å². The maximum atomic E-state index is 11.8. The Morgan fingerprint density at radius 2 is 1.56 bits per heavy atom. The lowest BCUT2D eigenvalue weighted by Crippen LogP contribution is -2.02. The van der Waals surface area contributed by atoms with Crippen LogP contribution >= 0.6 is 15.9 Å². The van der Waals surface area contributed by atoms with Crippen molar-refractivity contribution in [3.05, 3.63) is 29.8 Å². The largest absolute Gasteiger partial charge is 0.497 e. The maximum Gasteiger partial charge on any atom is 0.330 e. The monoisotopic (exact) mass is 440 g/mol. The lowest BCUT2D eigenvalue weighted by Gasteiger charge is -2.07. The summed E-state index contributed by atoms with van der Waals surface area (Å²) >= 11 is 3.46. The van der Waals surface area contributed by atoms with Gasteiger partial charge in [0, 0.05) is 23.0 Å². The number of unbranched alkanes of at least 4 members (excludes halogenated alkanes) is 8. The van der Waals surface area contributed by atoms with Gasteiger partial charge in [0.05, 0.1) is 20.8 Å². The number of hydrogen-bond acceptors (Lipinski definition) is 4. The van der Waals surface area contributed by atoms with Gasteiger partial charge in [0.2, 0.25) is 0 Å². The second kappa shape index (κ2) is 15.6. The summed E-state index contributed by atoms with van der Waals surface area (Å²) in [6, 6.07) is 5.46. The van der Waals surface area contributed by atoms with Crippen molar-refractivity contribution in [1.82, 2.24) is 0 Å². The first kappa shape index (κ1) is 23.5. The van der Waals surface area contributed by atoms with E-state index in [1.807, 2.05) is 12.1 Å². The molecule has 0 N–H and O–H groups in total. The van der Waals surface area contributed by atoms with Gasteiger partial charge < -0.3 is 14.2 Å². The fraction of sp³-hybridized carbons (Fsp3) is 0.591. The first-order valence-corrected chi connectivity index (χ1v) is 11.0. The molecule has 4 nitrogen and oxygen atoms in total. The minimum atomic E-state index is -0.320. The predicted molar refractivity (Wildman–Crippen MR) is 115 cm³/mol. The van der Waals surface area contributed by atoms with E-state index in [-0.39, 0.29) is 5.97 Å². The van der Waals surface area contributed by atoms with E-state index >= 15 is 0 Å². The van der Waals surface area contributed by atoms with Gasteiger partial charge in [0.1, 0.15) is 11.5 Å². The van der Waals surface area contributed by atoms with Crippen LogP contribution < -0.4 is 9.47 Å². The second-order valence-corrected chi connectivity index (χ2v) is 7.27. The second-order valence-electron chi connectivity index (χ2n) is 6.48. The lowest BCUT2D eigenvalue weighted by molar-refractivity contribution is -0.137. The van der Waals surface area contributed by atoms with E-state index in [2.05, 4.69) is 15.9 Å². The highest BCUT2D eigenvalue weighted by molar-refractivity contribution is 9.09. The summed E-state index contributed by atoms with van der Waals surface area (Å²) in [5.74, 6) is 1.05. The molecule has 0 aliphatic heterocycles. The zero-order valence-electron chi connectivity index (χ0n) is 16.7. The molecule has 0 bridgehead atoms. The van der Waals surface area contributed by atoms with Gasteiger partial charge in [0.25, 0.3) is 0 Å². The fourth-order valence-electron chi connectivity index (χ4n) is 2.77. The molecule has 1 aromatic carbocycles. The van der Waals surface area contributed by atoms with Gasteiger partial charge in [0.15, 0.2) is 0 Å². The number of methoxy groups -OCH3 is 2. The Morgan fingerprint density at radius 1 is 0.926 bits per heavy atom. The van der Waals surface area contributed by atoms with Gasteiger partial charge in [-0.2, -0.15) is 0 Å². The molecule has 0 spiro atoms. The molecule has 0 amide bonds. The van der Waals surface area contributed by atoms with Gasteiger partial charge in [-0.1, -0.05) is 60.9 Å². The minimum absolute atomic E-state index is 0.320. The third-order valence-electron chi connectivity index (χ3n) is 4.36. The quantitative estimate of drug-likeness (QED) is 0.141. The molecule has 0 radical (unpaired) electrons. The topological polar surface area (TPSA) is 44.8 Å². The van der Waals surface area contributed by atoms with Gasteiger partial charge in [-0.25, -0.2) is 4.79 Å². The SMILES string of the molecule is COc1ccc(/C=C/C(=O)OCCCCCCCCCCCBr)c(OC)c1. The first-order valence-electron chi connectivity index (χ1n) is 9.84. The van der Waals surface area contributed by atoms with Crippen molar-refractivity contribution in [2.75, 3.05) is 26.2 Å². The Morgan fingerprint density at radius 3 is 2.15 bits per heavy atom. The number of alkyl halides is 1. The van der Waals surface area contributed by atoms with Crippen LogP contribution in [0.1, 0.15) is 63.4 Å². The molecule has 0 aliphatic carbocycles. The van der Waals surface area contributed by atoms with Gasteiger partial charge in [-0.15, -0.1) is 0 Å². The van der Waals surface area contributed by atoms with E-state index in [4.69, 9.17) is 14.2 Å². The summed E-state index contributed by atoms with van der Waals surface area (Å²) in [6.07, 6.45) is 14.3. The van der Waals surface area contributed by atoms with Crippen molar-refractivity contribution < 1.29 is 19.0 Å². The first-order chi connectivity index (χ1) is 13.2. The van der Waals surface area contributed by atoms with Crippen molar-refractivity contribution in [3.8, 4) is 11.5 Å². The summed E-state index contributed by atoms with van der Waals surface area (Å²) in [6.45, 7) is 0.480. The van der Waals surface area contributed by atoms with Crippen LogP contribution in [0.5, 0.6) is 11.5 Å². The number of carbonyl (C=O) groups excluding carboxylic acids is 1. The van der Waals surface area contributed by atoms with Crippen molar-refractivity contribution in [2.45, 2.75) is 57.8 Å². The molecule has 0 saturated heterocycles. The van der Waals surface area contributed by atoms with Crippen molar-refractivity contribution in [2.24, 2.45) is 0 Å². The average Bonchev–Trinajstić information content (AvgIpc) is 2.70. The summed E-state index contributed by atoms with van der Waals surface area (Å²) in [5.41, 5.74) is 0.811. The van der Waals surface area contributed by atoms with Crippen LogP contribution in [0.25, 0.3) is 6.08 Å². The Bertz CT molecular complexity index is 557. The minimum Gasteiger partial charge on any atom is -0.497 e. The summed E-state index contributed by atoms with van der Waals surface area (Å²) in [7, 11) is 3.20. The van der Waals surface area contributed by atoms with E-state index < -0.39 is 0 Å². The van der Waals surface area contributed by atoms with Crippen molar-refractivity contribution in [1.29, 1.82) is 0 Å². The van der Waals surface area contributed by atoms with Crippen LogP contribution in [-0.4, -0.2) is 32.1 Å². The Hall–Kier alpha value is -1.49. The number of ether oxygens (including phenoxy) is 3. The standard InChI is InChI=1S/C22H33BrO4/c1-25-20-14-12-19(21(18-20)26-2)13-15-22(24)27-17-11-9-7-5-3-4-6-8-10-16-23/h12-15,18H,3-11,16-17H2,1-2H3/b15-13+. The summed E-state index contributed by atoms with van der Waals surface area (Å²) in [4.78, 5) is 11.8. The Balaban J connectivity index is 2.13. The molecule has 0 aromatic heterocycles. The smallest absolute Gasteiger partial charge is 0.330 e. The highest BCUT2D eigenvalue weighted by Crippen LogP contribution is 2.25. The van der Waals surface area contributed by atoms with Crippen LogP contribution in [-0.2, 0) is 9.53 Å². The number of esters is 1. The van der Waals surface area contributed by atoms with E-state index in [0.29, 0.717) is 18.1 Å². The van der Waals surface area contributed by atoms with Crippen molar-refractivity contribution >= 4 is 28.0 Å². The average molecular weight is 441 g/mol. The fourth-order valence-corrected chi connectivity index (χ4v) is 3.17. The molecule has 1 rings (SSSR count). The molecule has 0 heterocycles. The molecular formula is C22H33BrO4. The number of rotatable bonds is 15. The number of benzene rings is 1.